The molecule has 0 bridgehead atoms. The highest BCUT2D eigenvalue weighted by Crippen LogP contribution is 2.23. The predicted octanol–water partition coefficient (Wildman–Crippen LogP) is 4.06. The van der Waals surface area contributed by atoms with Crippen LogP contribution in [0.3, 0.4) is 0 Å². The first-order chi connectivity index (χ1) is 12.9. The molecule has 0 atom stereocenters. The molecule has 0 heterocycles. The van der Waals surface area contributed by atoms with Crippen molar-refractivity contribution < 1.29 is 14.3 Å². The topological polar surface area (TPSA) is 79.8 Å². The van der Waals surface area contributed by atoms with Crippen molar-refractivity contribution in [3.63, 3.8) is 0 Å². The summed E-state index contributed by atoms with van der Waals surface area (Å²) >= 11 is 9.35. The van der Waals surface area contributed by atoms with Crippen LogP contribution in [0.2, 0.25) is 5.02 Å². The van der Waals surface area contributed by atoms with Crippen molar-refractivity contribution in [2.45, 2.75) is 6.92 Å². The van der Waals surface area contributed by atoms with Crippen LogP contribution >= 0.6 is 27.5 Å². The fourth-order valence-electron chi connectivity index (χ4n) is 2.03. The summed E-state index contributed by atoms with van der Waals surface area (Å²) in [4.78, 5) is 23.9. The molecule has 2 amide bonds. The molecule has 2 aromatic carbocycles. The second-order valence-electron chi connectivity index (χ2n) is 5.35. The third-order valence-electron chi connectivity index (χ3n) is 3.42. The summed E-state index contributed by atoms with van der Waals surface area (Å²) < 4.78 is 6.33. The molecule has 6 nitrogen and oxygen atoms in total. The lowest BCUT2D eigenvalue weighted by Crippen LogP contribution is -2.32. The Hall–Kier alpha value is -2.64. The maximum atomic E-state index is 12.0. The van der Waals surface area contributed by atoms with Gasteiger partial charge >= 0.3 is 11.8 Å². The number of carbonyl (C=O) groups excluding carboxylic acids is 2. The van der Waals surface area contributed by atoms with Gasteiger partial charge in [-0.15, -0.1) is 0 Å². The van der Waals surface area contributed by atoms with E-state index in [0.717, 1.165) is 4.47 Å². The van der Waals surface area contributed by atoms with Gasteiger partial charge in [-0.25, -0.2) is 5.43 Å². The number of benzene rings is 2. The molecule has 0 aliphatic heterocycles. The van der Waals surface area contributed by atoms with E-state index in [0.29, 0.717) is 34.2 Å². The van der Waals surface area contributed by atoms with Gasteiger partial charge in [0.15, 0.2) is 0 Å². The molecule has 0 fully saturated rings. The third-order valence-corrected chi connectivity index (χ3v) is 4.32. The van der Waals surface area contributed by atoms with Crippen LogP contribution in [0.1, 0.15) is 11.1 Å². The number of anilines is 1. The number of ether oxygens (including phenoxy) is 1. The lowest BCUT2D eigenvalue weighted by atomic mass is 10.2. The Morgan fingerprint density at radius 3 is 2.81 bits per heavy atom. The van der Waals surface area contributed by atoms with E-state index in [-0.39, 0.29) is 0 Å². The van der Waals surface area contributed by atoms with E-state index < -0.39 is 11.8 Å². The zero-order valence-corrected chi connectivity index (χ0v) is 16.8. The number of hydrogen-bond acceptors (Lipinski definition) is 4. The van der Waals surface area contributed by atoms with Crippen LogP contribution in [0.5, 0.6) is 5.75 Å². The molecular formula is C19H17BrClN3O3. The van der Waals surface area contributed by atoms with E-state index in [1.54, 1.807) is 43.3 Å². The number of nitrogens with zero attached hydrogens (tertiary/aromatic N) is 1. The van der Waals surface area contributed by atoms with Crippen molar-refractivity contribution in [2.24, 2.45) is 5.10 Å². The van der Waals surface area contributed by atoms with E-state index in [9.17, 15) is 9.59 Å². The highest BCUT2D eigenvalue weighted by molar-refractivity contribution is 9.10. The number of hydrogen-bond donors (Lipinski definition) is 2. The molecule has 140 valence electrons. The Labute approximate surface area is 170 Å². The molecule has 8 heteroatoms. The number of halogens is 2. The highest BCUT2D eigenvalue weighted by atomic mass is 79.9. The highest BCUT2D eigenvalue weighted by Gasteiger charge is 2.14. The molecule has 0 saturated carbocycles. The summed E-state index contributed by atoms with van der Waals surface area (Å²) in [5.74, 6) is -1.20. The summed E-state index contributed by atoms with van der Waals surface area (Å²) in [5, 5.41) is 6.80. The van der Waals surface area contributed by atoms with Gasteiger partial charge in [-0.05, 0) is 42.8 Å². The fraction of sp³-hybridized carbons (Fsp3) is 0.105. The van der Waals surface area contributed by atoms with Gasteiger partial charge in [0.25, 0.3) is 0 Å². The number of carbonyl (C=O) groups is 2. The van der Waals surface area contributed by atoms with Crippen molar-refractivity contribution in [2.75, 3.05) is 11.9 Å². The maximum absolute atomic E-state index is 12.0. The van der Waals surface area contributed by atoms with Crippen LogP contribution in [0.15, 0.2) is 58.6 Å². The maximum Gasteiger partial charge on any atom is 0.329 e. The zero-order chi connectivity index (χ0) is 19.8. The van der Waals surface area contributed by atoms with Crippen molar-refractivity contribution in [1.29, 1.82) is 0 Å². The molecule has 2 aromatic rings. The first-order valence-corrected chi connectivity index (χ1v) is 9.02. The molecule has 2 rings (SSSR count). The molecule has 27 heavy (non-hydrogen) atoms. The minimum Gasteiger partial charge on any atom is -0.489 e. The molecular weight excluding hydrogens is 434 g/mol. The minimum absolute atomic E-state index is 0.330. The monoisotopic (exact) mass is 449 g/mol. The molecule has 0 aliphatic rings. The van der Waals surface area contributed by atoms with Gasteiger partial charge in [0, 0.05) is 20.7 Å². The SMILES string of the molecule is C=CCOc1ccc(Br)cc1/C=N\NC(=O)C(=O)Nc1cccc(Cl)c1C. The van der Waals surface area contributed by atoms with Gasteiger partial charge < -0.3 is 10.1 Å². The van der Waals surface area contributed by atoms with Gasteiger partial charge in [-0.1, -0.05) is 46.3 Å². The van der Waals surface area contributed by atoms with E-state index >= 15 is 0 Å². The Morgan fingerprint density at radius 1 is 1.30 bits per heavy atom. The van der Waals surface area contributed by atoms with Crippen molar-refractivity contribution in [3.05, 3.63) is 69.7 Å². The Bertz CT molecular complexity index is 900. The summed E-state index contributed by atoms with van der Waals surface area (Å²) in [6.45, 7) is 5.67. The van der Waals surface area contributed by atoms with E-state index in [1.807, 2.05) is 6.07 Å². The average Bonchev–Trinajstić information content (AvgIpc) is 2.64. The van der Waals surface area contributed by atoms with Crippen molar-refractivity contribution in [3.8, 4) is 5.75 Å². The van der Waals surface area contributed by atoms with Gasteiger partial charge in [0.2, 0.25) is 0 Å². The summed E-state index contributed by atoms with van der Waals surface area (Å²) in [6.07, 6.45) is 3.01. The van der Waals surface area contributed by atoms with Gasteiger partial charge in [0.05, 0.1) is 6.21 Å². The van der Waals surface area contributed by atoms with E-state index in [1.165, 1.54) is 6.21 Å². The minimum atomic E-state index is -0.908. The van der Waals surface area contributed by atoms with Gasteiger partial charge in [-0.3, -0.25) is 9.59 Å². The quantitative estimate of drug-likeness (QED) is 0.301. The fourth-order valence-corrected chi connectivity index (χ4v) is 2.59. The average molecular weight is 451 g/mol. The number of hydrazone groups is 1. The second-order valence-corrected chi connectivity index (χ2v) is 6.67. The molecule has 0 aliphatic carbocycles. The lowest BCUT2D eigenvalue weighted by Gasteiger charge is -2.09. The van der Waals surface area contributed by atoms with Crippen LogP contribution in [-0.2, 0) is 9.59 Å². The molecule has 0 saturated heterocycles. The summed E-state index contributed by atoms with van der Waals surface area (Å²) in [5.41, 5.74) is 3.93. The van der Waals surface area contributed by atoms with E-state index in [2.05, 4.69) is 38.4 Å². The summed E-state index contributed by atoms with van der Waals surface area (Å²) in [6, 6.07) is 10.4. The second kappa shape index (κ2) is 9.89. The van der Waals surface area contributed by atoms with Crippen molar-refractivity contribution in [1.82, 2.24) is 5.43 Å². The standard InChI is InChI=1S/C19H17BrClN3O3/c1-3-9-27-17-8-7-14(20)10-13(17)11-22-24-19(26)18(25)23-16-6-4-5-15(21)12(16)2/h3-8,10-11H,1,9H2,2H3,(H,23,25)(H,24,26)/b22-11-. The normalized spacial score (nSPS) is 10.5. The molecule has 0 radical (unpaired) electrons. The van der Waals surface area contributed by atoms with Crippen molar-refractivity contribution >= 4 is 51.2 Å². The number of amides is 2. The van der Waals surface area contributed by atoms with Crippen LogP contribution in [0.4, 0.5) is 5.69 Å². The molecule has 0 unspecified atom stereocenters. The van der Waals surface area contributed by atoms with Crippen LogP contribution in [0.25, 0.3) is 0 Å². The first kappa shape index (κ1) is 20.7. The molecule has 0 spiro atoms. The summed E-state index contributed by atoms with van der Waals surface area (Å²) in [7, 11) is 0. The Kier molecular flexibility index (Phi) is 7.57. The lowest BCUT2D eigenvalue weighted by molar-refractivity contribution is -0.136. The van der Waals surface area contributed by atoms with Crippen LogP contribution in [-0.4, -0.2) is 24.6 Å². The van der Waals surface area contributed by atoms with Gasteiger partial charge in [0.1, 0.15) is 12.4 Å². The Balaban J connectivity index is 2.02. The molecule has 0 aromatic heterocycles. The van der Waals surface area contributed by atoms with Crippen LogP contribution < -0.4 is 15.5 Å². The zero-order valence-electron chi connectivity index (χ0n) is 14.5. The molecule has 2 N–H and O–H groups in total. The van der Waals surface area contributed by atoms with Gasteiger partial charge in [-0.2, -0.15) is 5.10 Å². The van der Waals surface area contributed by atoms with E-state index in [4.69, 9.17) is 16.3 Å². The predicted molar refractivity (Wildman–Crippen MR) is 110 cm³/mol. The number of rotatable bonds is 6. The largest absolute Gasteiger partial charge is 0.489 e. The Morgan fingerprint density at radius 2 is 2.07 bits per heavy atom. The third kappa shape index (κ3) is 5.94. The first-order valence-electron chi connectivity index (χ1n) is 7.85. The van der Waals surface area contributed by atoms with Crippen LogP contribution in [0, 0.1) is 6.92 Å². The number of nitrogens with one attached hydrogen (secondary N) is 2. The smallest absolute Gasteiger partial charge is 0.329 e.